The zero-order chi connectivity index (χ0) is 13.7. The van der Waals surface area contributed by atoms with Gasteiger partial charge >= 0.3 is 6.01 Å². The summed E-state index contributed by atoms with van der Waals surface area (Å²) in [5.74, 6) is 1.32. The second-order valence-electron chi connectivity index (χ2n) is 4.81. The Hall–Kier alpha value is -1.59. The number of rotatable bonds is 6. The van der Waals surface area contributed by atoms with Gasteiger partial charge in [0.05, 0.1) is 6.61 Å². The Labute approximate surface area is 114 Å². The molecule has 0 saturated carbocycles. The minimum atomic E-state index is 0.418. The molecule has 1 aliphatic heterocycles. The molecule has 6 nitrogen and oxygen atoms in total. The van der Waals surface area contributed by atoms with Crippen LogP contribution in [0.15, 0.2) is 0 Å². The summed E-state index contributed by atoms with van der Waals surface area (Å²) < 4.78 is 5.55. The van der Waals surface area contributed by atoms with E-state index in [9.17, 15) is 0 Å². The van der Waals surface area contributed by atoms with Crippen LogP contribution in [-0.4, -0.2) is 40.7 Å². The average molecular weight is 265 g/mol. The van der Waals surface area contributed by atoms with E-state index in [0.717, 1.165) is 25.5 Å². The fourth-order valence-electron chi connectivity index (χ4n) is 2.20. The number of nitrogens with zero attached hydrogens (tertiary/aromatic N) is 4. The number of hydrogen-bond acceptors (Lipinski definition) is 6. The fourth-order valence-corrected chi connectivity index (χ4v) is 2.20. The molecule has 1 unspecified atom stereocenters. The van der Waals surface area contributed by atoms with Crippen molar-refractivity contribution < 1.29 is 4.74 Å². The summed E-state index contributed by atoms with van der Waals surface area (Å²) in [7, 11) is 0. The quantitative estimate of drug-likeness (QED) is 0.849. The fraction of sp³-hybridized carbons (Fsp3) is 0.769. The molecule has 1 aliphatic rings. The third kappa shape index (κ3) is 3.45. The Morgan fingerprint density at radius 3 is 2.79 bits per heavy atom. The van der Waals surface area contributed by atoms with Crippen LogP contribution in [0.3, 0.4) is 0 Å². The van der Waals surface area contributed by atoms with Crippen LogP contribution in [0.1, 0.15) is 40.0 Å². The van der Waals surface area contributed by atoms with Crippen molar-refractivity contribution in [3.05, 3.63) is 0 Å². The number of anilines is 2. The highest BCUT2D eigenvalue weighted by Crippen LogP contribution is 2.24. The molecule has 1 saturated heterocycles. The largest absolute Gasteiger partial charge is 0.463 e. The summed E-state index contributed by atoms with van der Waals surface area (Å²) in [6.07, 6.45) is 3.32. The summed E-state index contributed by atoms with van der Waals surface area (Å²) in [6.45, 7) is 8.71. The molecule has 0 aliphatic carbocycles. The Morgan fingerprint density at radius 1 is 1.32 bits per heavy atom. The standard InChI is InChI=1S/C13H23N5O/c1-4-9-19-13-16-11(14-5-2)15-12(17-13)18-8-6-7-10(18)3/h10H,4-9H2,1-3H3,(H,14,15,16,17). The smallest absolute Gasteiger partial charge is 0.323 e. The molecular formula is C13H23N5O. The van der Waals surface area contributed by atoms with E-state index in [0.29, 0.717) is 24.6 Å². The van der Waals surface area contributed by atoms with Gasteiger partial charge in [0.25, 0.3) is 0 Å². The van der Waals surface area contributed by atoms with Crippen molar-refractivity contribution >= 4 is 11.9 Å². The van der Waals surface area contributed by atoms with Crippen LogP contribution in [-0.2, 0) is 0 Å². The molecule has 106 valence electrons. The van der Waals surface area contributed by atoms with E-state index in [1.165, 1.54) is 12.8 Å². The first kappa shape index (κ1) is 13.8. The molecule has 1 aromatic heterocycles. The highest BCUT2D eigenvalue weighted by Gasteiger charge is 2.24. The molecular weight excluding hydrogens is 242 g/mol. The lowest BCUT2D eigenvalue weighted by Crippen LogP contribution is -2.29. The summed E-state index contributed by atoms with van der Waals surface area (Å²) in [5, 5.41) is 3.13. The second kappa shape index (κ2) is 6.54. The van der Waals surface area contributed by atoms with Gasteiger partial charge in [0, 0.05) is 19.1 Å². The summed E-state index contributed by atoms with van der Waals surface area (Å²) in [4.78, 5) is 15.4. The van der Waals surface area contributed by atoms with E-state index in [1.807, 2.05) is 6.92 Å². The summed E-state index contributed by atoms with van der Waals surface area (Å²) in [6, 6.07) is 0.901. The third-order valence-electron chi connectivity index (χ3n) is 3.18. The molecule has 0 amide bonds. The molecule has 19 heavy (non-hydrogen) atoms. The number of nitrogens with one attached hydrogen (secondary N) is 1. The molecule has 0 radical (unpaired) electrons. The predicted molar refractivity (Wildman–Crippen MR) is 75.8 cm³/mol. The van der Waals surface area contributed by atoms with Crippen LogP contribution >= 0.6 is 0 Å². The van der Waals surface area contributed by atoms with Crippen LogP contribution in [0.25, 0.3) is 0 Å². The van der Waals surface area contributed by atoms with Crippen LogP contribution in [0.4, 0.5) is 11.9 Å². The number of ether oxygens (including phenoxy) is 1. The zero-order valence-corrected chi connectivity index (χ0v) is 12.0. The van der Waals surface area contributed by atoms with Gasteiger partial charge in [-0.1, -0.05) is 6.92 Å². The normalized spacial score (nSPS) is 18.7. The topological polar surface area (TPSA) is 63.2 Å². The maximum atomic E-state index is 5.55. The second-order valence-corrected chi connectivity index (χ2v) is 4.81. The van der Waals surface area contributed by atoms with E-state index < -0.39 is 0 Å². The van der Waals surface area contributed by atoms with Crippen molar-refractivity contribution in [1.82, 2.24) is 15.0 Å². The average Bonchev–Trinajstić information content (AvgIpc) is 2.83. The van der Waals surface area contributed by atoms with Crippen LogP contribution < -0.4 is 15.0 Å². The minimum absolute atomic E-state index is 0.418. The number of aromatic nitrogens is 3. The zero-order valence-electron chi connectivity index (χ0n) is 12.0. The molecule has 2 rings (SSSR count). The Bertz CT molecular complexity index is 412. The molecule has 0 aromatic carbocycles. The highest BCUT2D eigenvalue weighted by molar-refractivity contribution is 5.40. The SMILES string of the molecule is CCCOc1nc(NCC)nc(N2CCCC2C)n1. The molecule has 1 aromatic rings. The number of hydrogen-bond donors (Lipinski definition) is 1. The lowest BCUT2D eigenvalue weighted by atomic mass is 10.2. The van der Waals surface area contributed by atoms with Gasteiger partial charge in [0.2, 0.25) is 11.9 Å². The highest BCUT2D eigenvalue weighted by atomic mass is 16.5. The predicted octanol–water partition coefficient (Wildman–Crippen LogP) is 2.08. The van der Waals surface area contributed by atoms with Crippen molar-refractivity contribution in [2.24, 2.45) is 0 Å². The first-order valence-electron chi connectivity index (χ1n) is 7.14. The Balaban J connectivity index is 2.22. The first-order valence-corrected chi connectivity index (χ1v) is 7.14. The monoisotopic (exact) mass is 265 g/mol. The van der Waals surface area contributed by atoms with Gasteiger partial charge in [0.1, 0.15) is 0 Å². The molecule has 6 heteroatoms. The lowest BCUT2D eigenvalue weighted by Gasteiger charge is -2.21. The van der Waals surface area contributed by atoms with Crippen molar-refractivity contribution in [3.63, 3.8) is 0 Å². The van der Waals surface area contributed by atoms with E-state index in [2.05, 4.69) is 39.0 Å². The Morgan fingerprint density at radius 2 is 2.16 bits per heavy atom. The first-order chi connectivity index (χ1) is 9.24. The van der Waals surface area contributed by atoms with Crippen LogP contribution in [0.5, 0.6) is 6.01 Å². The van der Waals surface area contributed by atoms with Gasteiger partial charge in [-0.3, -0.25) is 0 Å². The van der Waals surface area contributed by atoms with Gasteiger partial charge in [0.15, 0.2) is 0 Å². The maximum absolute atomic E-state index is 5.55. The molecule has 2 heterocycles. The van der Waals surface area contributed by atoms with Crippen molar-refractivity contribution in [2.75, 3.05) is 29.9 Å². The third-order valence-corrected chi connectivity index (χ3v) is 3.18. The van der Waals surface area contributed by atoms with Gasteiger partial charge < -0.3 is 15.0 Å². The van der Waals surface area contributed by atoms with E-state index in [-0.39, 0.29) is 0 Å². The summed E-state index contributed by atoms with van der Waals surface area (Å²) in [5.41, 5.74) is 0. The molecule has 0 bridgehead atoms. The minimum Gasteiger partial charge on any atom is -0.463 e. The lowest BCUT2D eigenvalue weighted by molar-refractivity contribution is 0.291. The van der Waals surface area contributed by atoms with Crippen molar-refractivity contribution in [3.8, 4) is 6.01 Å². The molecule has 1 atom stereocenters. The van der Waals surface area contributed by atoms with Gasteiger partial charge in [-0.25, -0.2) is 0 Å². The van der Waals surface area contributed by atoms with Crippen molar-refractivity contribution in [1.29, 1.82) is 0 Å². The summed E-state index contributed by atoms with van der Waals surface area (Å²) >= 11 is 0. The van der Waals surface area contributed by atoms with Gasteiger partial charge in [-0.05, 0) is 33.1 Å². The van der Waals surface area contributed by atoms with E-state index in [4.69, 9.17) is 4.74 Å². The van der Waals surface area contributed by atoms with E-state index in [1.54, 1.807) is 0 Å². The van der Waals surface area contributed by atoms with Crippen molar-refractivity contribution in [2.45, 2.75) is 46.1 Å². The maximum Gasteiger partial charge on any atom is 0.323 e. The molecule has 1 N–H and O–H groups in total. The van der Waals surface area contributed by atoms with Crippen LogP contribution in [0, 0.1) is 0 Å². The van der Waals surface area contributed by atoms with E-state index >= 15 is 0 Å². The van der Waals surface area contributed by atoms with Gasteiger partial charge in [-0.2, -0.15) is 15.0 Å². The molecule has 0 spiro atoms. The van der Waals surface area contributed by atoms with Gasteiger partial charge in [-0.15, -0.1) is 0 Å². The molecule has 1 fully saturated rings. The van der Waals surface area contributed by atoms with Crippen LogP contribution in [0.2, 0.25) is 0 Å². The Kier molecular flexibility index (Phi) is 4.76.